The number of piperazine rings is 1. The average molecular weight is 518 g/mol. The smallest absolute Gasteiger partial charge is 0.289 e. The molecule has 0 spiro atoms. The molecule has 8 heteroatoms. The Bertz CT molecular complexity index is 1340. The molecule has 2 aromatic carbocycles. The van der Waals surface area contributed by atoms with E-state index in [0.717, 1.165) is 49.0 Å². The van der Waals surface area contributed by atoms with E-state index in [0.29, 0.717) is 36.9 Å². The molecule has 6 rings (SSSR count). The second-order valence-corrected chi connectivity index (χ2v) is 10.5. The van der Waals surface area contributed by atoms with Crippen molar-refractivity contribution in [2.75, 3.05) is 39.8 Å². The summed E-state index contributed by atoms with van der Waals surface area (Å²) < 4.78 is 26.1. The molecule has 3 heterocycles. The topological polar surface area (TPSA) is 66.2 Å². The monoisotopic (exact) mass is 517 g/mol. The van der Waals surface area contributed by atoms with Gasteiger partial charge in [-0.15, -0.1) is 0 Å². The first-order valence-corrected chi connectivity index (χ1v) is 13.3. The Labute approximate surface area is 221 Å². The highest BCUT2D eigenvalue weighted by Gasteiger charge is 2.39. The number of ether oxygens (including phenoxy) is 1. The zero-order chi connectivity index (χ0) is 26.2. The fraction of sp³-hybridized carbons (Fsp3) is 0.400. The van der Waals surface area contributed by atoms with E-state index in [1.807, 2.05) is 41.1 Å². The molecule has 1 saturated carbocycles. The highest BCUT2D eigenvalue weighted by atomic mass is 19.1. The first-order valence-electron chi connectivity index (χ1n) is 13.3. The van der Waals surface area contributed by atoms with Gasteiger partial charge in [0.2, 0.25) is 5.91 Å². The third-order valence-electron chi connectivity index (χ3n) is 7.76. The summed E-state index contributed by atoms with van der Waals surface area (Å²) in [4.78, 5) is 31.9. The van der Waals surface area contributed by atoms with Crippen molar-refractivity contribution in [3.63, 3.8) is 0 Å². The van der Waals surface area contributed by atoms with Crippen LogP contribution in [0.2, 0.25) is 0 Å². The molecule has 3 aromatic rings. The van der Waals surface area contributed by atoms with Crippen molar-refractivity contribution in [2.24, 2.45) is 5.92 Å². The average Bonchev–Trinajstić information content (AvgIpc) is 3.68. The number of likely N-dealkylation sites (N-methyl/N-ethyl adjacent to an activating group) is 1. The summed E-state index contributed by atoms with van der Waals surface area (Å²) in [5.41, 5.74) is 2.85. The van der Waals surface area contributed by atoms with Crippen LogP contribution in [-0.2, 0) is 17.8 Å². The zero-order valence-electron chi connectivity index (χ0n) is 21.6. The van der Waals surface area contributed by atoms with Crippen molar-refractivity contribution in [2.45, 2.75) is 31.9 Å². The molecule has 1 aliphatic carbocycles. The van der Waals surface area contributed by atoms with Gasteiger partial charge in [-0.3, -0.25) is 9.59 Å². The lowest BCUT2D eigenvalue weighted by Gasteiger charge is -2.38. The lowest BCUT2D eigenvalue weighted by molar-refractivity contribution is -0.134. The van der Waals surface area contributed by atoms with Crippen LogP contribution in [0.4, 0.5) is 4.39 Å². The maximum atomic E-state index is 14.2. The van der Waals surface area contributed by atoms with Crippen molar-refractivity contribution in [1.29, 1.82) is 0 Å². The summed E-state index contributed by atoms with van der Waals surface area (Å²) in [6.07, 6.45) is 2.59. The Hall–Kier alpha value is -3.65. The third kappa shape index (κ3) is 5.05. The van der Waals surface area contributed by atoms with Gasteiger partial charge in [-0.25, -0.2) is 4.39 Å². The van der Waals surface area contributed by atoms with E-state index in [2.05, 4.69) is 4.90 Å². The summed E-state index contributed by atoms with van der Waals surface area (Å²) in [7, 11) is 2.05. The predicted molar refractivity (Wildman–Crippen MR) is 139 cm³/mol. The highest BCUT2D eigenvalue weighted by Crippen LogP contribution is 2.41. The first kappa shape index (κ1) is 24.7. The fourth-order valence-corrected chi connectivity index (χ4v) is 5.41. The van der Waals surface area contributed by atoms with Gasteiger partial charge >= 0.3 is 0 Å². The number of benzene rings is 2. The van der Waals surface area contributed by atoms with E-state index in [1.165, 1.54) is 12.1 Å². The zero-order valence-corrected chi connectivity index (χ0v) is 21.6. The van der Waals surface area contributed by atoms with E-state index in [9.17, 15) is 14.0 Å². The molecule has 38 heavy (non-hydrogen) atoms. The molecule has 2 aliphatic heterocycles. The molecule has 1 saturated heterocycles. The Kier molecular flexibility index (Phi) is 6.66. The Morgan fingerprint density at radius 2 is 1.82 bits per heavy atom. The van der Waals surface area contributed by atoms with Gasteiger partial charge in [0.1, 0.15) is 23.9 Å². The van der Waals surface area contributed by atoms with Crippen LogP contribution in [0, 0.1) is 11.7 Å². The maximum absolute atomic E-state index is 14.2. The minimum Gasteiger partial charge on any atom is -0.486 e. The van der Waals surface area contributed by atoms with E-state index in [4.69, 9.17) is 9.15 Å². The van der Waals surface area contributed by atoms with Crippen LogP contribution >= 0.6 is 0 Å². The van der Waals surface area contributed by atoms with Gasteiger partial charge in [0.25, 0.3) is 5.91 Å². The molecule has 1 atom stereocenters. The van der Waals surface area contributed by atoms with Crippen molar-refractivity contribution >= 4 is 11.8 Å². The number of furan rings is 1. The molecule has 1 unspecified atom stereocenters. The molecule has 0 N–H and O–H groups in total. The van der Waals surface area contributed by atoms with Gasteiger partial charge < -0.3 is 23.9 Å². The van der Waals surface area contributed by atoms with Crippen LogP contribution in [0.15, 0.2) is 59.0 Å². The number of hydrogen-bond acceptors (Lipinski definition) is 5. The fourth-order valence-electron chi connectivity index (χ4n) is 5.41. The van der Waals surface area contributed by atoms with Crippen LogP contribution in [0.3, 0.4) is 0 Å². The number of halogens is 1. The van der Waals surface area contributed by atoms with Crippen molar-refractivity contribution in [3.05, 3.63) is 88.6 Å². The molecule has 7 nitrogen and oxygen atoms in total. The van der Waals surface area contributed by atoms with E-state index < -0.39 is 0 Å². The second kappa shape index (κ2) is 10.3. The minimum atomic E-state index is -0.359. The molecular formula is C30H32FN3O4. The number of fused-ring (bicyclic) bond motifs is 1. The Morgan fingerprint density at radius 1 is 1.00 bits per heavy atom. The molecule has 2 amide bonds. The van der Waals surface area contributed by atoms with Crippen LogP contribution in [0.1, 0.15) is 51.9 Å². The minimum absolute atomic E-state index is 0.0775. The molecular weight excluding hydrogens is 485 g/mol. The maximum Gasteiger partial charge on any atom is 0.289 e. The summed E-state index contributed by atoms with van der Waals surface area (Å²) in [6, 6.07) is 15.5. The third-order valence-corrected chi connectivity index (χ3v) is 7.76. The van der Waals surface area contributed by atoms with Gasteiger partial charge in [-0.2, -0.15) is 0 Å². The van der Waals surface area contributed by atoms with Gasteiger partial charge in [0.05, 0.1) is 6.04 Å². The van der Waals surface area contributed by atoms with Crippen molar-refractivity contribution < 1.29 is 23.1 Å². The van der Waals surface area contributed by atoms with Crippen molar-refractivity contribution in [1.82, 2.24) is 14.7 Å². The Balaban J connectivity index is 1.20. The number of rotatable bonds is 6. The molecule has 3 aliphatic rings. The van der Waals surface area contributed by atoms with E-state index in [1.54, 1.807) is 18.2 Å². The predicted octanol–water partition coefficient (Wildman–Crippen LogP) is 4.27. The standard InChI is InChI=1S/C30H32FN3O4/c1-32-13-15-33(16-14-32)30(36)27-10-9-25(38-27)19-37-24-8-7-20-11-12-34(29(35)21-5-6-21)28(26(20)18-24)22-3-2-4-23(31)17-22/h2-4,7-10,17-18,21,28H,5-6,11-16,19H2,1H3. The number of amides is 2. The van der Waals surface area contributed by atoms with E-state index >= 15 is 0 Å². The largest absolute Gasteiger partial charge is 0.486 e. The Morgan fingerprint density at radius 3 is 2.58 bits per heavy atom. The SMILES string of the molecule is CN1CCN(C(=O)c2ccc(COc3ccc4c(c3)C(c3cccc(F)c3)N(C(=O)C3CC3)CC4)o2)CC1. The van der Waals surface area contributed by atoms with Crippen molar-refractivity contribution in [3.8, 4) is 5.75 Å². The normalized spacial score (nSPS) is 19.8. The van der Waals surface area contributed by atoms with Gasteiger partial charge in [0, 0.05) is 38.6 Å². The van der Waals surface area contributed by atoms with Crippen LogP contribution in [0.25, 0.3) is 0 Å². The highest BCUT2D eigenvalue weighted by molar-refractivity contribution is 5.91. The lowest BCUT2D eigenvalue weighted by Crippen LogP contribution is -2.47. The molecule has 0 bridgehead atoms. The summed E-state index contributed by atoms with van der Waals surface area (Å²) in [5, 5.41) is 0. The van der Waals surface area contributed by atoms with Gasteiger partial charge in [0.15, 0.2) is 5.76 Å². The molecule has 0 radical (unpaired) electrons. The van der Waals surface area contributed by atoms with Gasteiger partial charge in [-0.1, -0.05) is 18.2 Å². The summed E-state index contributed by atoms with van der Waals surface area (Å²) in [6.45, 7) is 3.85. The number of hydrogen-bond donors (Lipinski definition) is 0. The number of carbonyl (C=O) groups excluding carboxylic acids is 2. The summed E-state index contributed by atoms with van der Waals surface area (Å²) in [5.74, 6) is 1.32. The van der Waals surface area contributed by atoms with Crippen LogP contribution in [-0.4, -0.2) is 66.3 Å². The molecule has 2 fully saturated rings. The van der Waals surface area contributed by atoms with Gasteiger partial charge in [-0.05, 0) is 79.4 Å². The number of nitrogens with zero attached hydrogens (tertiary/aromatic N) is 3. The molecule has 198 valence electrons. The second-order valence-electron chi connectivity index (χ2n) is 10.5. The first-order chi connectivity index (χ1) is 18.5. The summed E-state index contributed by atoms with van der Waals surface area (Å²) >= 11 is 0. The van der Waals surface area contributed by atoms with Crippen LogP contribution < -0.4 is 4.74 Å². The quantitative estimate of drug-likeness (QED) is 0.489. The molecule has 1 aromatic heterocycles. The van der Waals surface area contributed by atoms with E-state index in [-0.39, 0.29) is 36.2 Å². The lowest BCUT2D eigenvalue weighted by atomic mass is 9.87. The van der Waals surface area contributed by atoms with Crippen LogP contribution in [0.5, 0.6) is 5.75 Å². The number of carbonyl (C=O) groups is 2.